The van der Waals surface area contributed by atoms with Crippen LogP contribution in [0.2, 0.25) is 5.02 Å². The van der Waals surface area contributed by atoms with Gasteiger partial charge in [-0.3, -0.25) is 14.2 Å². The highest BCUT2D eigenvalue weighted by Gasteiger charge is 2.37. The van der Waals surface area contributed by atoms with Crippen LogP contribution in [-0.2, 0) is 24.1 Å². The second kappa shape index (κ2) is 8.33. The number of anilines is 1. The zero-order valence-electron chi connectivity index (χ0n) is 16.2. The molecular formula is C20H18ClF4N5O. The Hall–Kier alpha value is -2.88. The zero-order valence-corrected chi connectivity index (χ0v) is 16.9. The van der Waals surface area contributed by atoms with Crippen molar-refractivity contribution in [2.24, 2.45) is 0 Å². The predicted molar refractivity (Wildman–Crippen MR) is 105 cm³/mol. The number of carbonyl (C=O) groups is 1. The van der Waals surface area contributed by atoms with E-state index in [1.54, 1.807) is 12.3 Å². The molecule has 2 heterocycles. The van der Waals surface area contributed by atoms with Gasteiger partial charge in [0, 0.05) is 47.4 Å². The molecular weight excluding hydrogens is 438 g/mol. The van der Waals surface area contributed by atoms with Crippen LogP contribution in [0.25, 0.3) is 0 Å². The van der Waals surface area contributed by atoms with Gasteiger partial charge in [0.05, 0.1) is 6.54 Å². The lowest BCUT2D eigenvalue weighted by molar-refractivity contribution is -0.141. The van der Waals surface area contributed by atoms with Crippen molar-refractivity contribution < 1.29 is 22.4 Å². The quantitative estimate of drug-likeness (QED) is 0.518. The molecule has 1 amide bonds. The molecule has 2 aromatic heterocycles. The Morgan fingerprint density at radius 1 is 1.23 bits per heavy atom. The van der Waals surface area contributed by atoms with E-state index in [-0.39, 0.29) is 41.8 Å². The van der Waals surface area contributed by atoms with Crippen LogP contribution in [-0.4, -0.2) is 25.5 Å². The molecule has 0 aliphatic heterocycles. The summed E-state index contributed by atoms with van der Waals surface area (Å²) in [5.74, 6) is -0.568. The van der Waals surface area contributed by atoms with E-state index < -0.39 is 23.6 Å². The Labute approximate surface area is 179 Å². The summed E-state index contributed by atoms with van der Waals surface area (Å²) < 4.78 is 55.5. The molecule has 164 valence electrons. The topological polar surface area (TPSA) is 64.7 Å². The largest absolute Gasteiger partial charge is 0.435 e. The lowest BCUT2D eigenvalue weighted by atomic mass is 10.2. The highest BCUT2D eigenvalue weighted by Crippen LogP contribution is 2.42. The number of nitrogens with one attached hydrogen (secondary N) is 1. The monoisotopic (exact) mass is 455 g/mol. The van der Waals surface area contributed by atoms with Crippen LogP contribution in [0, 0.1) is 5.82 Å². The van der Waals surface area contributed by atoms with Gasteiger partial charge in [0.2, 0.25) is 5.91 Å². The van der Waals surface area contributed by atoms with Crippen LogP contribution in [0.15, 0.2) is 36.5 Å². The van der Waals surface area contributed by atoms with Gasteiger partial charge in [0.25, 0.3) is 0 Å². The minimum absolute atomic E-state index is 0.0271. The number of aromatic nitrogens is 4. The smallest absolute Gasteiger partial charge is 0.309 e. The van der Waals surface area contributed by atoms with Crippen LogP contribution < -0.4 is 5.32 Å². The first-order valence-electron chi connectivity index (χ1n) is 9.62. The molecule has 4 rings (SSSR count). The van der Waals surface area contributed by atoms with Crippen molar-refractivity contribution in [3.63, 3.8) is 0 Å². The molecule has 0 saturated heterocycles. The van der Waals surface area contributed by atoms with Gasteiger partial charge in [0.15, 0.2) is 11.5 Å². The molecule has 0 unspecified atom stereocenters. The average Bonchev–Trinajstić information content (AvgIpc) is 3.28. The number of carbonyl (C=O) groups excluding carboxylic acids is 1. The van der Waals surface area contributed by atoms with Gasteiger partial charge in [-0.05, 0) is 31.0 Å². The third-order valence-electron chi connectivity index (χ3n) is 4.94. The second-order valence-electron chi connectivity index (χ2n) is 7.35. The Bertz CT molecular complexity index is 1080. The zero-order chi connectivity index (χ0) is 22.2. The van der Waals surface area contributed by atoms with Gasteiger partial charge in [-0.15, -0.1) is 0 Å². The molecule has 0 spiro atoms. The van der Waals surface area contributed by atoms with Crippen molar-refractivity contribution >= 4 is 23.3 Å². The van der Waals surface area contributed by atoms with Crippen LogP contribution in [0.4, 0.5) is 23.4 Å². The number of benzene rings is 1. The molecule has 1 N–H and O–H groups in total. The molecule has 1 aliphatic carbocycles. The van der Waals surface area contributed by atoms with E-state index in [2.05, 4.69) is 15.5 Å². The fraction of sp³-hybridized carbons (Fsp3) is 0.350. The highest BCUT2D eigenvalue weighted by atomic mass is 35.5. The number of rotatable bonds is 7. The molecule has 11 heteroatoms. The summed E-state index contributed by atoms with van der Waals surface area (Å²) in [6, 6.07) is 6.97. The molecule has 31 heavy (non-hydrogen) atoms. The molecule has 1 fully saturated rings. The third-order valence-corrected chi connectivity index (χ3v) is 5.29. The first kappa shape index (κ1) is 21.4. The van der Waals surface area contributed by atoms with Crippen molar-refractivity contribution in [1.82, 2.24) is 19.6 Å². The summed E-state index contributed by atoms with van der Waals surface area (Å²) in [6.45, 7) is 0.110. The van der Waals surface area contributed by atoms with Gasteiger partial charge in [-0.1, -0.05) is 17.7 Å². The van der Waals surface area contributed by atoms with Gasteiger partial charge >= 0.3 is 6.18 Å². The molecule has 1 aromatic carbocycles. The highest BCUT2D eigenvalue weighted by molar-refractivity contribution is 6.31. The fourth-order valence-electron chi connectivity index (χ4n) is 3.23. The molecule has 0 bridgehead atoms. The summed E-state index contributed by atoms with van der Waals surface area (Å²) in [6.07, 6.45) is -1.39. The van der Waals surface area contributed by atoms with Gasteiger partial charge in [-0.2, -0.15) is 23.4 Å². The average molecular weight is 456 g/mol. The standard InChI is InChI=1S/C20H18ClF4N5O/c21-14-2-1-3-15(22)13(14)11-29-8-6-18(28-29)26-19(31)7-9-30-16(12-4-5-12)10-17(27-30)20(23,24)25/h1-3,6,8,10,12H,4-5,7,9,11H2,(H,26,28,31). The molecule has 0 atom stereocenters. The van der Waals surface area contributed by atoms with Gasteiger partial charge in [-0.25, -0.2) is 4.39 Å². The van der Waals surface area contributed by atoms with E-state index in [1.165, 1.54) is 27.6 Å². The van der Waals surface area contributed by atoms with Crippen molar-refractivity contribution in [3.8, 4) is 0 Å². The van der Waals surface area contributed by atoms with Crippen LogP contribution in [0.5, 0.6) is 0 Å². The van der Waals surface area contributed by atoms with E-state index in [9.17, 15) is 22.4 Å². The van der Waals surface area contributed by atoms with E-state index in [4.69, 9.17) is 11.6 Å². The van der Waals surface area contributed by atoms with Crippen LogP contribution >= 0.6 is 11.6 Å². The first-order chi connectivity index (χ1) is 14.7. The summed E-state index contributed by atoms with van der Waals surface area (Å²) >= 11 is 6.01. The maximum Gasteiger partial charge on any atom is 0.435 e. The number of hydrogen-bond acceptors (Lipinski definition) is 3. The normalized spacial score (nSPS) is 14.1. The van der Waals surface area contributed by atoms with Gasteiger partial charge < -0.3 is 5.32 Å². The number of alkyl halides is 3. The minimum atomic E-state index is -4.52. The van der Waals surface area contributed by atoms with Crippen LogP contribution in [0.1, 0.15) is 42.1 Å². The SMILES string of the molecule is O=C(CCn1nc(C(F)(F)F)cc1C1CC1)Nc1ccn(Cc2c(F)cccc2Cl)n1. The molecule has 3 aromatic rings. The summed E-state index contributed by atoms with van der Waals surface area (Å²) in [5, 5.41) is 10.7. The molecule has 6 nitrogen and oxygen atoms in total. The van der Waals surface area contributed by atoms with Crippen molar-refractivity contribution in [3.05, 3.63) is 64.3 Å². The Morgan fingerprint density at radius 3 is 2.68 bits per heavy atom. The van der Waals surface area contributed by atoms with Crippen molar-refractivity contribution in [1.29, 1.82) is 0 Å². The Kier molecular flexibility index (Phi) is 5.74. The fourth-order valence-corrected chi connectivity index (χ4v) is 3.45. The van der Waals surface area contributed by atoms with Crippen molar-refractivity contribution in [2.45, 2.75) is 44.4 Å². The number of hydrogen-bond donors (Lipinski definition) is 1. The van der Waals surface area contributed by atoms with E-state index in [1.807, 2.05) is 0 Å². The molecule has 0 radical (unpaired) electrons. The number of nitrogens with zero attached hydrogens (tertiary/aromatic N) is 4. The Morgan fingerprint density at radius 2 is 2.00 bits per heavy atom. The number of amides is 1. The van der Waals surface area contributed by atoms with Crippen LogP contribution in [0.3, 0.4) is 0 Å². The molecule has 1 aliphatic rings. The first-order valence-corrected chi connectivity index (χ1v) is 9.99. The second-order valence-corrected chi connectivity index (χ2v) is 7.75. The predicted octanol–water partition coefficient (Wildman–Crippen LogP) is 4.85. The van der Waals surface area contributed by atoms with E-state index in [0.717, 1.165) is 18.9 Å². The lowest BCUT2D eigenvalue weighted by Crippen LogP contribution is -2.17. The molecule has 1 saturated carbocycles. The number of aryl methyl sites for hydroxylation is 1. The minimum Gasteiger partial charge on any atom is -0.309 e. The van der Waals surface area contributed by atoms with Gasteiger partial charge in [0.1, 0.15) is 5.82 Å². The lowest BCUT2D eigenvalue weighted by Gasteiger charge is -2.07. The third kappa shape index (κ3) is 5.07. The summed E-state index contributed by atoms with van der Waals surface area (Å²) in [5.41, 5.74) is -0.163. The number of halogens is 5. The van der Waals surface area contributed by atoms with Crippen molar-refractivity contribution in [2.75, 3.05) is 5.32 Å². The Balaban J connectivity index is 1.36. The summed E-state index contributed by atoms with van der Waals surface area (Å²) in [4.78, 5) is 12.3. The van der Waals surface area contributed by atoms with E-state index >= 15 is 0 Å². The maximum absolute atomic E-state index is 13.9. The van der Waals surface area contributed by atoms with E-state index in [0.29, 0.717) is 5.69 Å². The summed E-state index contributed by atoms with van der Waals surface area (Å²) in [7, 11) is 0. The maximum atomic E-state index is 13.9.